The first-order chi connectivity index (χ1) is 9.97. The van der Waals surface area contributed by atoms with E-state index in [9.17, 15) is 0 Å². The molecule has 0 saturated carbocycles. The monoisotopic (exact) mass is 302 g/mol. The van der Waals surface area contributed by atoms with Crippen LogP contribution in [0.15, 0.2) is 41.5 Å². The molecule has 2 rings (SSSR count). The molecule has 1 heterocycles. The van der Waals surface area contributed by atoms with Crippen molar-refractivity contribution in [1.29, 1.82) is 0 Å². The maximum Gasteiger partial charge on any atom is 0.107 e. The second-order valence-electron chi connectivity index (χ2n) is 5.77. The molecule has 0 aliphatic heterocycles. The minimum absolute atomic E-state index is 0.737. The molecule has 0 atom stereocenters. The van der Waals surface area contributed by atoms with Gasteiger partial charge in [-0.25, -0.2) is 4.98 Å². The lowest BCUT2D eigenvalue weighted by atomic mass is 10.1. The van der Waals surface area contributed by atoms with Crippen molar-refractivity contribution in [3.8, 4) is 0 Å². The Hall–Kier alpha value is -1.54. The number of hydrogen-bond acceptors (Lipinski definition) is 1. The van der Waals surface area contributed by atoms with Crippen molar-refractivity contribution >= 4 is 22.6 Å². The van der Waals surface area contributed by atoms with E-state index in [1.807, 2.05) is 25.1 Å². The zero-order valence-electron chi connectivity index (χ0n) is 13.3. The normalized spacial score (nSPS) is 12.0. The molecule has 1 aromatic heterocycles. The first-order valence-electron chi connectivity index (χ1n) is 7.39. The standard InChI is InChI=1S/C18H23ClN2/c1-13(2)6-5-7-14(3)10-11-21-15(4)20-17-12-16(19)8-9-18(17)21/h6,8-10,12H,5,7,11H2,1-4H3/b14-10+. The Morgan fingerprint density at radius 3 is 2.71 bits per heavy atom. The Bertz CT molecular complexity index is 689. The number of benzene rings is 1. The topological polar surface area (TPSA) is 17.8 Å². The fourth-order valence-corrected chi connectivity index (χ4v) is 2.56. The van der Waals surface area contributed by atoms with E-state index in [1.54, 1.807) is 0 Å². The molecule has 21 heavy (non-hydrogen) atoms. The van der Waals surface area contributed by atoms with Crippen molar-refractivity contribution in [1.82, 2.24) is 9.55 Å². The lowest BCUT2D eigenvalue weighted by Crippen LogP contribution is -1.98. The molecule has 0 aliphatic rings. The summed E-state index contributed by atoms with van der Waals surface area (Å²) in [6, 6.07) is 5.89. The summed E-state index contributed by atoms with van der Waals surface area (Å²) < 4.78 is 2.23. The Labute approximate surface area is 132 Å². The van der Waals surface area contributed by atoms with Crippen molar-refractivity contribution in [2.75, 3.05) is 0 Å². The van der Waals surface area contributed by atoms with Crippen molar-refractivity contribution < 1.29 is 0 Å². The number of aromatic nitrogens is 2. The average Bonchev–Trinajstić information content (AvgIpc) is 2.70. The molecule has 0 aliphatic carbocycles. The van der Waals surface area contributed by atoms with Gasteiger partial charge in [-0.15, -0.1) is 0 Å². The molecule has 1 aromatic carbocycles. The van der Waals surface area contributed by atoms with Gasteiger partial charge in [0.25, 0.3) is 0 Å². The van der Waals surface area contributed by atoms with E-state index in [4.69, 9.17) is 11.6 Å². The Morgan fingerprint density at radius 1 is 1.24 bits per heavy atom. The van der Waals surface area contributed by atoms with Gasteiger partial charge in [-0.3, -0.25) is 0 Å². The minimum Gasteiger partial charge on any atom is -0.324 e. The SMILES string of the molecule is CC(C)=CCC/C(C)=C/Cn1c(C)nc2cc(Cl)ccc21. The molecule has 0 fully saturated rings. The highest BCUT2D eigenvalue weighted by atomic mass is 35.5. The molecular formula is C18H23ClN2. The number of hydrogen-bond donors (Lipinski definition) is 0. The van der Waals surface area contributed by atoms with E-state index < -0.39 is 0 Å². The smallest absolute Gasteiger partial charge is 0.107 e. The second-order valence-corrected chi connectivity index (χ2v) is 6.21. The molecule has 0 saturated heterocycles. The van der Waals surface area contributed by atoms with Crippen LogP contribution in [0.4, 0.5) is 0 Å². The van der Waals surface area contributed by atoms with Crippen molar-refractivity contribution in [3.05, 3.63) is 52.3 Å². The third kappa shape index (κ3) is 4.21. The second kappa shape index (κ2) is 6.95. The summed E-state index contributed by atoms with van der Waals surface area (Å²) in [6.45, 7) is 9.39. The van der Waals surface area contributed by atoms with E-state index in [-0.39, 0.29) is 0 Å². The number of nitrogens with zero attached hydrogens (tertiary/aromatic N) is 2. The van der Waals surface area contributed by atoms with Crippen LogP contribution in [0.3, 0.4) is 0 Å². The van der Waals surface area contributed by atoms with Crippen molar-refractivity contribution in [2.45, 2.75) is 47.1 Å². The number of imidazole rings is 1. The number of allylic oxidation sites excluding steroid dienone is 4. The first kappa shape index (κ1) is 15.8. The fraction of sp³-hybridized carbons (Fsp3) is 0.389. The highest BCUT2D eigenvalue weighted by Gasteiger charge is 2.06. The molecule has 2 aromatic rings. The first-order valence-corrected chi connectivity index (χ1v) is 7.76. The summed E-state index contributed by atoms with van der Waals surface area (Å²) in [5, 5.41) is 0.737. The lowest BCUT2D eigenvalue weighted by molar-refractivity contribution is 0.794. The van der Waals surface area contributed by atoms with Gasteiger partial charge in [-0.05, 0) is 58.7 Å². The predicted octanol–water partition coefficient (Wildman–Crippen LogP) is 5.69. The predicted molar refractivity (Wildman–Crippen MR) is 91.9 cm³/mol. The molecule has 0 spiro atoms. The highest BCUT2D eigenvalue weighted by molar-refractivity contribution is 6.31. The van der Waals surface area contributed by atoms with Crippen LogP contribution in [0.25, 0.3) is 11.0 Å². The van der Waals surface area contributed by atoms with Crippen molar-refractivity contribution in [3.63, 3.8) is 0 Å². The van der Waals surface area contributed by atoms with Gasteiger partial charge in [-0.2, -0.15) is 0 Å². The maximum atomic E-state index is 6.02. The fourth-order valence-electron chi connectivity index (χ4n) is 2.39. The number of rotatable bonds is 5. The van der Waals surface area contributed by atoms with Gasteiger partial charge in [0.15, 0.2) is 0 Å². The van der Waals surface area contributed by atoms with Crippen LogP contribution in [0.5, 0.6) is 0 Å². The summed E-state index contributed by atoms with van der Waals surface area (Å²) in [7, 11) is 0. The number of fused-ring (bicyclic) bond motifs is 1. The third-order valence-corrected chi connectivity index (χ3v) is 3.85. The molecule has 0 radical (unpaired) electrons. The minimum atomic E-state index is 0.737. The van der Waals surface area contributed by atoms with Crippen LogP contribution in [0.1, 0.15) is 39.4 Å². The quantitative estimate of drug-likeness (QED) is 0.649. The molecule has 0 N–H and O–H groups in total. The summed E-state index contributed by atoms with van der Waals surface area (Å²) in [6.07, 6.45) is 6.81. The molecule has 3 heteroatoms. The average molecular weight is 303 g/mol. The van der Waals surface area contributed by atoms with E-state index in [0.717, 1.165) is 41.3 Å². The van der Waals surface area contributed by atoms with Crippen LogP contribution in [0.2, 0.25) is 5.02 Å². The van der Waals surface area contributed by atoms with Crippen LogP contribution in [-0.4, -0.2) is 9.55 Å². The van der Waals surface area contributed by atoms with E-state index in [2.05, 4.69) is 42.5 Å². The molecule has 0 amide bonds. The Balaban J connectivity index is 2.12. The van der Waals surface area contributed by atoms with Gasteiger partial charge in [0, 0.05) is 11.6 Å². The van der Waals surface area contributed by atoms with E-state index in [1.165, 1.54) is 11.1 Å². The number of halogens is 1. The number of aryl methyl sites for hydroxylation is 1. The van der Waals surface area contributed by atoms with Crippen LogP contribution < -0.4 is 0 Å². The highest BCUT2D eigenvalue weighted by Crippen LogP contribution is 2.20. The molecule has 2 nitrogen and oxygen atoms in total. The molecular weight excluding hydrogens is 280 g/mol. The summed E-state index contributed by atoms with van der Waals surface area (Å²) in [4.78, 5) is 4.58. The van der Waals surface area contributed by atoms with Crippen LogP contribution in [-0.2, 0) is 6.54 Å². The van der Waals surface area contributed by atoms with Gasteiger partial charge in [0.2, 0.25) is 0 Å². The largest absolute Gasteiger partial charge is 0.324 e. The summed E-state index contributed by atoms with van der Waals surface area (Å²) in [5.41, 5.74) is 4.92. The molecule has 112 valence electrons. The summed E-state index contributed by atoms with van der Waals surface area (Å²) >= 11 is 6.02. The van der Waals surface area contributed by atoms with Gasteiger partial charge >= 0.3 is 0 Å². The zero-order valence-corrected chi connectivity index (χ0v) is 14.0. The lowest BCUT2D eigenvalue weighted by Gasteiger charge is -2.05. The van der Waals surface area contributed by atoms with Gasteiger partial charge < -0.3 is 4.57 Å². The van der Waals surface area contributed by atoms with Crippen molar-refractivity contribution in [2.24, 2.45) is 0 Å². The molecule has 0 bridgehead atoms. The van der Waals surface area contributed by atoms with E-state index in [0.29, 0.717) is 0 Å². The van der Waals surface area contributed by atoms with Gasteiger partial charge in [-0.1, -0.05) is 34.9 Å². The third-order valence-electron chi connectivity index (χ3n) is 3.61. The van der Waals surface area contributed by atoms with Crippen LogP contribution >= 0.6 is 11.6 Å². The zero-order chi connectivity index (χ0) is 15.4. The maximum absolute atomic E-state index is 6.02. The Morgan fingerprint density at radius 2 is 2.00 bits per heavy atom. The van der Waals surface area contributed by atoms with Gasteiger partial charge in [0.1, 0.15) is 5.82 Å². The van der Waals surface area contributed by atoms with Gasteiger partial charge in [0.05, 0.1) is 11.0 Å². The molecule has 0 unspecified atom stereocenters. The Kier molecular flexibility index (Phi) is 5.24. The van der Waals surface area contributed by atoms with E-state index >= 15 is 0 Å². The summed E-state index contributed by atoms with van der Waals surface area (Å²) in [5.74, 6) is 1.03. The van der Waals surface area contributed by atoms with Crippen LogP contribution in [0, 0.1) is 6.92 Å².